The Kier molecular flexibility index (Phi) is 9.70. The van der Waals surface area contributed by atoms with Crippen LogP contribution >= 0.6 is 0 Å². The molecule has 2 aromatic rings. The molecule has 188 valence electrons. The van der Waals surface area contributed by atoms with Crippen LogP contribution < -0.4 is 10.1 Å². The van der Waals surface area contributed by atoms with Crippen LogP contribution in [0.1, 0.15) is 74.1 Å². The van der Waals surface area contributed by atoms with Gasteiger partial charge in [0.05, 0.1) is 7.11 Å². The molecule has 0 heterocycles. The fourth-order valence-corrected chi connectivity index (χ4v) is 4.53. The summed E-state index contributed by atoms with van der Waals surface area (Å²) in [4.78, 5) is 39.8. The van der Waals surface area contributed by atoms with E-state index in [4.69, 9.17) is 9.84 Å². The minimum Gasteiger partial charge on any atom is -0.497 e. The van der Waals surface area contributed by atoms with E-state index in [-0.39, 0.29) is 43.7 Å². The highest BCUT2D eigenvalue weighted by atomic mass is 16.5. The molecule has 7 nitrogen and oxygen atoms in total. The Morgan fingerprint density at radius 1 is 1.00 bits per heavy atom. The van der Waals surface area contributed by atoms with Crippen molar-refractivity contribution in [2.75, 3.05) is 7.11 Å². The number of carbonyl (C=O) groups is 3. The Morgan fingerprint density at radius 3 is 2.26 bits per heavy atom. The number of benzene rings is 2. The summed E-state index contributed by atoms with van der Waals surface area (Å²) in [7, 11) is 1.59. The third-order valence-electron chi connectivity index (χ3n) is 6.52. The molecule has 1 atom stereocenters. The normalized spacial score (nSPS) is 14.7. The fourth-order valence-electron chi connectivity index (χ4n) is 4.53. The molecule has 2 amide bonds. The summed E-state index contributed by atoms with van der Waals surface area (Å²) >= 11 is 0. The predicted octanol–water partition coefficient (Wildman–Crippen LogP) is 4.78. The van der Waals surface area contributed by atoms with Gasteiger partial charge >= 0.3 is 5.97 Å². The molecule has 0 spiro atoms. The van der Waals surface area contributed by atoms with Gasteiger partial charge in [0.15, 0.2) is 0 Å². The van der Waals surface area contributed by atoms with Gasteiger partial charge in [-0.3, -0.25) is 14.4 Å². The number of nitrogens with zero attached hydrogens (tertiary/aromatic N) is 1. The Bertz CT molecular complexity index is 981. The zero-order valence-electron chi connectivity index (χ0n) is 20.7. The summed E-state index contributed by atoms with van der Waals surface area (Å²) in [6, 6.07) is 14.4. The third kappa shape index (κ3) is 7.84. The van der Waals surface area contributed by atoms with Crippen molar-refractivity contribution in [1.29, 1.82) is 0 Å². The maximum absolute atomic E-state index is 13.7. The molecule has 2 aromatic carbocycles. The van der Waals surface area contributed by atoms with Crippen molar-refractivity contribution in [3.05, 3.63) is 65.2 Å². The summed E-state index contributed by atoms with van der Waals surface area (Å²) in [5.41, 5.74) is 2.67. The minimum atomic E-state index is -0.940. The number of hydrogen-bond acceptors (Lipinski definition) is 4. The maximum atomic E-state index is 13.7. The van der Waals surface area contributed by atoms with Gasteiger partial charge in [-0.25, -0.2) is 0 Å². The van der Waals surface area contributed by atoms with E-state index in [1.54, 1.807) is 12.0 Å². The van der Waals surface area contributed by atoms with Crippen molar-refractivity contribution in [3.63, 3.8) is 0 Å². The van der Waals surface area contributed by atoms with Gasteiger partial charge in [0, 0.05) is 25.4 Å². The summed E-state index contributed by atoms with van der Waals surface area (Å²) in [6.45, 7) is 2.21. The van der Waals surface area contributed by atoms with E-state index >= 15 is 0 Å². The largest absolute Gasteiger partial charge is 0.497 e. The molecule has 0 saturated heterocycles. The number of carboxylic acids is 1. The molecule has 1 aliphatic rings. The molecule has 2 N–H and O–H groups in total. The number of amides is 2. The van der Waals surface area contributed by atoms with Gasteiger partial charge in [0.1, 0.15) is 11.8 Å². The van der Waals surface area contributed by atoms with Crippen LogP contribution in [-0.4, -0.2) is 40.9 Å². The third-order valence-corrected chi connectivity index (χ3v) is 6.52. The molecule has 1 unspecified atom stereocenters. The first-order chi connectivity index (χ1) is 16.9. The number of methoxy groups -OCH3 is 1. The summed E-state index contributed by atoms with van der Waals surface area (Å²) in [6.07, 6.45) is 5.42. The number of ether oxygens (including phenoxy) is 1. The predicted molar refractivity (Wildman–Crippen MR) is 134 cm³/mol. The molecular weight excluding hydrogens is 444 g/mol. The molecule has 3 rings (SSSR count). The number of carbonyl (C=O) groups excluding carboxylic acids is 2. The molecule has 0 radical (unpaired) electrons. The van der Waals surface area contributed by atoms with Gasteiger partial charge in [-0.05, 0) is 49.4 Å². The van der Waals surface area contributed by atoms with Crippen molar-refractivity contribution < 1.29 is 24.2 Å². The van der Waals surface area contributed by atoms with Crippen LogP contribution in [0, 0.1) is 6.92 Å². The van der Waals surface area contributed by atoms with Crippen molar-refractivity contribution in [3.8, 4) is 5.75 Å². The Morgan fingerprint density at radius 2 is 1.66 bits per heavy atom. The van der Waals surface area contributed by atoms with E-state index in [9.17, 15) is 14.4 Å². The number of hydrogen-bond donors (Lipinski definition) is 2. The first-order valence-corrected chi connectivity index (χ1v) is 12.4. The summed E-state index contributed by atoms with van der Waals surface area (Å²) < 4.78 is 5.25. The second kappa shape index (κ2) is 12.9. The average Bonchev–Trinajstić information content (AvgIpc) is 2.85. The van der Waals surface area contributed by atoms with Crippen molar-refractivity contribution in [1.82, 2.24) is 10.2 Å². The van der Waals surface area contributed by atoms with E-state index in [1.807, 2.05) is 55.5 Å². The average molecular weight is 481 g/mol. The monoisotopic (exact) mass is 480 g/mol. The molecule has 35 heavy (non-hydrogen) atoms. The van der Waals surface area contributed by atoms with E-state index in [2.05, 4.69) is 5.32 Å². The van der Waals surface area contributed by atoms with Crippen molar-refractivity contribution in [2.24, 2.45) is 0 Å². The lowest BCUT2D eigenvalue weighted by Crippen LogP contribution is -2.46. The number of nitrogens with one attached hydrogen (secondary N) is 1. The number of aryl methyl sites for hydroxylation is 1. The van der Waals surface area contributed by atoms with Crippen LogP contribution in [0.2, 0.25) is 0 Å². The molecule has 1 fully saturated rings. The zero-order chi connectivity index (χ0) is 25.2. The lowest BCUT2D eigenvalue weighted by Gasteiger charge is -2.33. The van der Waals surface area contributed by atoms with Crippen LogP contribution in [0.25, 0.3) is 0 Å². The first-order valence-electron chi connectivity index (χ1n) is 12.4. The van der Waals surface area contributed by atoms with Crippen LogP contribution in [0.5, 0.6) is 5.75 Å². The van der Waals surface area contributed by atoms with Gasteiger partial charge in [-0.2, -0.15) is 0 Å². The van der Waals surface area contributed by atoms with Gasteiger partial charge in [0.25, 0.3) is 0 Å². The fraction of sp³-hybridized carbons (Fsp3) is 0.464. The number of carboxylic acid groups (broad SMARTS) is 1. The van der Waals surface area contributed by atoms with E-state index in [1.165, 1.54) is 6.42 Å². The van der Waals surface area contributed by atoms with Crippen molar-refractivity contribution in [2.45, 2.75) is 76.9 Å². The lowest BCUT2D eigenvalue weighted by atomic mass is 9.94. The second-order valence-corrected chi connectivity index (χ2v) is 9.27. The summed E-state index contributed by atoms with van der Waals surface area (Å²) in [5.74, 6) is -0.671. The molecule has 7 heteroatoms. The molecule has 1 aliphatic carbocycles. The van der Waals surface area contributed by atoms with Crippen LogP contribution in [-0.2, 0) is 20.9 Å². The summed E-state index contributed by atoms with van der Waals surface area (Å²) in [5, 5.41) is 12.2. The van der Waals surface area contributed by atoms with E-state index in [0.717, 1.165) is 42.4 Å². The Labute approximate surface area is 207 Å². The van der Waals surface area contributed by atoms with Crippen LogP contribution in [0.4, 0.5) is 0 Å². The van der Waals surface area contributed by atoms with E-state index in [0.29, 0.717) is 5.75 Å². The highest BCUT2D eigenvalue weighted by molar-refractivity contribution is 5.89. The number of aliphatic carboxylic acids is 1. The van der Waals surface area contributed by atoms with Gasteiger partial charge in [-0.1, -0.05) is 61.2 Å². The van der Waals surface area contributed by atoms with Crippen LogP contribution in [0.15, 0.2) is 48.5 Å². The van der Waals surface area contributed by atoms with Crippen molar-refractivity contribution >= 4 is 17.8 Å². The smallest absolute Gasteiger partial charge is 0.303 e. The molecule has 0 aromatic heterocycles. The highest BCUT2D eigenvalue weighted by Crippen LogP contribution is 2.27. The standard InChI is InChI=1S/C28H36N2O5/c1-20-11-15-22(16-12-20)27(28(34)29-23-7-4-3-5-8-23)30(25(31)9-6-10-26(32)33)19-21-13-17-24(35-2)18-14-21/h11-18,23,27H,3-10,19H2,1-2H3,(H,29,34)(H,32,33). The van der Waals surface area contributed by atoms with Crippen LogP contribution in [0.3, 0.4) is 0 Å². The Balaban J connectivity index is 1.93. The second-order valence-electron chi connectivity index (χ2n) is 9.27. The highest BCUT2D eigenvalue weighted by Gasteiger charge is 2.32. The van der Waals surface area contributed by atoms with Gasteiger partial charge < -0.3 is 20.1 Å². The molecule has 0 bridgehead atoms. The quantitative estimate of drug-likeness (QED) is 0.483. The van der Waals surface area contributed by atoms with Gasteiger partial charge in [-0.15, -0.1) is 0 Å². The maximum Gasteiger partial charge on any atom is 0.303 e. The number of rotatable bonds is 11. The van der Waals surface area contributed by atoms with E-state index < -0.39 is 12.0 Å². The zero-order valence-corrected chi connectivity index (χ0v) is 20.7. The molecule has 1 saturated carbocycles. The topological polar surface area (TPSA) is 95.9 Å². The SMILES string of the molecule is COc1ccc(CN(C(=O)CCCC(=O)O)C(C(=O)NC2CCCCC2)c2ccc(C)cc2)cc1. The minimum absolute atomic E-state index is 0.0571. The lowest BCUT2D eigenvalue weighted by molar-refractivity contribution is -0.142. The first kappa shape index (κ1) is 26.3. The van der Waals surface area contributed by atoms with Gasteiger partial charge in [0.2, 0.25) is 11.8 Å². The molecular formula is C28H36N2O5. The Hall–Kier alpha value is -3.35. The molecule has 0 aliphatic heterocycles.